The molecular formula is C13H17Cl2FN2. The summed E-state index contributed by atoms with van der Waals surface area (Å²) >= 11 is 6.05. The highest BCUT2D eigenvalue weighted by Crippen LogP contribution is 2.29. The number of hydrogen-bond acceptors (Lipinski definition) is 2. The van der Waals surface area contributed by atoms with Gasteiger partial charge in [-0.15, -0.1) is 12.4 Å². The van der Waals surface area contributed by atoms with Crippen LogP contribution in [0.15, 0.2) is 18.2 Å². The summed E-state index contributed by atoms with van der Waals surface area (Å²) in [4.78, 5) is 2.32. The second kappa shape index (κ2) is 5.74. The van der Waals surface area contributed by atoms with Crippen molar-refractivity contribution < 1.29 is 4.39 Å². The number of nitrogens with zero attached hydrogens (tertiary/aromatic N) is 1. The summed E-state index contributed by atoms with van der Waals surface area (Å²) in [5, 5.41) is 3.95. The van der Waals surface area contributed by atoms with E-state index in [2.05, 4.69) is 10.2 Å². The maximum absolute atomic E-state index is 13.7. The summed E-state index contributed by atoms with van der Waals surface area (Å²) < 4.78 is 13.7. The molecule has 5 heteroatoms. The Hall–Kier alpha value is -0.350. The molecule has 0 unspecified atom stereocenters. The third-order valence-electron chi connectivity index (χ3n) is 3.91. The van der Waals surface area contributed by atoms with E-state index in [-0.39, 0.29) is 18.2 Å². The maximum atomic E-state index is 13.7. The van der Waals surface area contributed by atoms with E-state index in [0.29, 0.717) is 17.1 Å². The predicted octanol–water partition coefficient (Wildman–Crippen LogP) is 2.55. The number of benzene rings is 1. The van der Waals surface area contributed by atoms with Gasteiger partial charge in [0, 0.05) is 30.2 Å². The first-order valence-corrected chi connectivity index (χ1v) is 6.48. The molecule has 0 radical (unpaired) electrons. The van der Waals surface area contributed by atoms with Gasteiger partial charge >= 0.3 is 0 Å². The SMILES string of the molecule is Cl.Fc1cccc(Cl)c1CN1C[C@H]2CNC[C@H]2C1. The number of likely N-dealkylation sites (tertiary alicyclic amines) is 1. The fraction of sp³-hybridized carbons (Fsp3) is 0.538. The molecule has 18 heavy (non-hydrogen) atoms. The molecule has 0 aliphatic carbocycles. The van der Waals surface area contributed by atoms with Crippen molar-refractivity contribution in [2.75, 3.05) is 26.2 Å². The van der Waals surface area contributed by atoms with Gasteiger partial charge in [0.1, 0.15) is 5.82 Å². The van der Waals surface area contributed by atoms with Gasteiger partial charge in [0.15, 0.2) is 0 Å². The van der Waals surface area contributed by atoms with Gasteiger partial charge in [-0.2, -0.15) is 0 Å². The molecule has 1 aromatic rings. The molecule has 0 bridgehead atoms. The minimum Gasteiger partial charge on any atom is -0.316 e. The highest BCUT2D eigenvalue weighted by Gasteiger charge is 2.36. The minimum absolute atomic E-state index is 0. The molecule has 0 spiro atoms. The molecule has 2 aliphatic rings. The summed E-state index contributed by atoms with van der Waals surface area (Å²) in [6.07, 6.45) is 0. The van der Waals surface area contributed by atoms with E-state index in [1.165, 1.54) is 6.07 Å². The van der Waals surface area contributed by atoms with E-state index in [1.54, 1.807) is 12.1 Å². The van der Waals surface area contributed by atoms with Crippen LogP contribution in [0.5, 0.6) is 0 Å². The molecule has 2 aliphatic heterocycles. The van der Waals surface area contributed by atoms with Gasteiger partial charge in [-0.05, 0) is 37.1 Å². The standard InChI is InChI=1S/C13H16ClFN2.ClH/c14-12-2-1-3-13(15)11(12)8-17-6-9-4-16-5-10(9)7-17;/h1-3,9-10,16H,4-8H2;1H/t9-,10+;. The van der Waals surface area contributed by atoms with Crippen LogP contribution < -0.4 is 5.32 Å². The van der Waals surface area contributed by atoms with E-state index in [0.717, 1.165) is 38.0 Å². The molecule has 1 aromatic carbocycles. The molecule has 100 valence electrons. The van der Waals surface area contributed by atoms with E-state index >= 15 is 0 Å². The highest BCUT2D eigenvalue weighted by atomic mass is 35.5. The number of fused-ring (bicyclic) bond motifs is 1. The van der Waals surface area contributed by atoms with E-state index < -0.39 is 0 Å². The van der Waals surface area contributed by atoms with Gasteiger partial charge in [0.25, 0.3) is 0 Å². The molecule has 2 nitrogen and oxygen atoms in total. The smallest absolute Gasteiger partial charge is 0.129 e. The van der Waals surface area contributed by atoms with Gasteiger partial charge in [0.2, 0.25) is 0 Å². The molecule has 0 aromatic heterocycles. The Morgan fingerprint density at radius 1 is 1.28 bits per heavy atom. The van der Waals surface area contributed by atoms with Gasteiger partial charge in [0.05, 0.1) is 0 Å². The van der Waals surface area contributed by atoms with E-state index in [4.69, 9.17) is 11.6 Å². The average Bonchev–Trinajstić information content (AvgIpc) is 2.83. The van der Waals surface area contributed by atoms with E-state index in [9.17, 15) is 4.39 Å². The first-order chi connectivity index (χ1) is 8.24. The van der Waals surface area contributed by atoms with Crippen molar-refractivity contribution in [3.63, 3.8) is 0 Å². The topological polar surface area (TPSA) is 15.3 Å². The van der Waals surface area contributed by atoms with Crippen molar-refractivity contribution >= 4 is 24.0 Å². The molecule has 3 rings (SSSR count). The lowest BCUT2D eigenvalue weighted by molar-refractivity contribution is 0.301. The van der Waals surface area contributed by atoms with Crippen LogP contribution in [-0.2, 0) is 6.54 Å². The van der Waals surface area contributed by atoms with Crippen LogP contribution in [0.25, 0.3) is 0 Å². The zero-order chi connectivity index (χ0) is 11.8. The summed E-state index contributed by atoms with van der Waals surface area (Å²) in [5.74, 6) is 1.29. The lowest BCUT2D eigenvalue weighted by atomic mass is 10.0. The van der Waals surface area contributed by atoms with Crippen LogP contribution in [0, 0.1) is 17.7 Å². The highest BCUT2D eigenvalue weighted by molar-refractivity contribution is 6.31. The van der Waals surface area contributed by atoms with Crippen molar-refractivity contribution in [1.82, 2.24) is 10.2 Å². The molecule has 0 saturated carbocycles. The molecule has 2 fully saturated rings. The van der Waals surface area contributed by atoms with Gasteiger partial charge in [-0.25, -0.2) is 4.39 Å². The predicted molar refractivity (Wildman–Crippen MR) is 73.8 cm³/mol. The molecule has 1 N–H and O–H groups in total. The lowest BCUT2D eigenvalue weighted by Crippen LogP contribution is -2.25. The lowest BCUT2D eigenvalue weighted by Gasteiger charge is -2.18. The van der Waals surface area contributed by atoms with Gasteiger partial charge in [-0.1, -0.05) is 17.7 Å². The molecule has 0 amide bonds. The zero-order valence-corrected chi connectivity index (χ0v) is 11.6. The Labute approximate surface area is 118 Å². The van der Waals surface area contributed by atoms with E-state index in [1.807, 2.05) is 0 Å². The Morgan fingerprint density at radius 2 is 1.94 bits per heavy atom. The maximum Gasteiger partial charge on any atom is 0.129 e. The van der Waals surface area contributed by atoms with Crippen LogP contribution >= 0.6 is 24.0 Å². The van der Waals surface area contributed by atoms with Crippen LogP contribution in [0.1, 0.15) is 5.56 Å². The van der Waals surface area contributed by atoms with Crippen LogP contribution in [0.4, 0.5) is 4.39 Å². The minimum atomic E-state index is -0.187. The van der Waals surface area contributed by atoms with Crippen molar-refractivity contribution in [3.05, 3.63) is 34.6 Å². The van der Waals surface area contributed by atoms with Crippen molar-refractivity contribution in [2.45, 2.75) is 6.54 Å². The largest absolute Gasteiger partial charge is 0.316 e. The van der Waals surface area contributed by atoms with Crippen molar-refractivity contribution in [1.29, 1.82) is 0 Å². The third-order valence-corrected chi connectivity index (χ3v) is 4.26. The quantitative estimate of drug-likeness (QED) is 0.901. The number of hydrogen-bond donors (Lipinski definition) is 1. The average molecular weight is 291 g/mol. The summed E-state index contributed by atoms with van der Waals surface area (Å²) in [5.41, 5.74) is 0.641. The Balaban J connectivity index is 0.00000120. The van der Waals surface area contributed by atoms with Crippen LogP contribution in [-0.4, -0.2) is 31.1 Å². The summed E-state index contributed by atoms with van der Waals surface area (Å²) in [6.45, 7) is 4.96. The zero-order valence-electron chi connectivity index (χ0n) is 10.0. The normalized spacial score (nSPS) is 27.0. The Morgan fingerprint density at radius 3 is 2.56 bits per heavy atom. The van der Waals surface area contributed by atoms with Gasteiger partial charge < -0.3 is 5.32 Å². The molecule has 2 heterocycles. The number of rotatable bonds is 2. The summed E-state index contributed by atoms with van der Waals surface area (Å²) in [7, 11) is 0. The second-order valence-corrected chi connectivity index (χ2v) is 5.48. The molecular weight excluding hydrogens is 274 g/mol. The fourth-order valence-electron chi connectivity index (χ4n) is 2.99. The monoisotopic (exact) mass is 290 g/mol. The van der Waals surface area contributed by atoms with Crippen molar-refractivity contribution in [3.8, 4) is 0 Å². The van der Waals surface area contributed by atoms with Gasteiger partial charge in [-0.3, -0.25) is 4.90 Å². The summed E-state index contributed by atoms with van der Waals surface area (Å²) in [6, 6.07) is 4.90. The first kappa shape index (κ1) is 14.1. The molecule has 2 saturated heterocycles. The third kappa shape index (κ3) is 2.64. The second-order valence-electron chi connectivity index (χ2n) is 5.07. The first-order valence-electron chi connectivity index (χ1n) is 6.10. The fourth-order valence-corrected chi connectivity index (χ4v) is 3.21. The Kier molecular flexibility index (Phi) is 4.49. The number of nitrogens with one attached hydrogen (secondary N) is 1. The van der Waals surface area contributed by atoms with Crippen molar-refractivity contribution in [2.24, 2.45) is 11.8 Å². The Bertz CT molecular complexity index is 395. The van der Waals surface area contributed by atoms with Crippen LogP contribution in [0.2, 0.25) is 5.02 Å². The molecule has 2 atom stereocenters. The van der Waals surface area contributed by atoms with Crippen LogP contribution in [0.3, 0.4) is 0 Å². The number of halogens is 3.